The highest BCUT2D eigenvalue weighted by Crippen LogP contribution is 2.39. The van der Waals surface area contributed by atoms with Crippen LogP contribution in [-0.4, -0.2) is 18.0 Å². The average Bonchev–Trinajstić information content (AvgIpc) is 3.18. The van der Waals surface area contributed by atoms with Gasteiger partial charge in [-0.1, -0.05) is 18.2 Å². The third-order valence-electron chi connectivity index (χ3n) is 4.85. The normalized spacial score (nSPS) is 19.3. The van der Waals surface area contributed by atoms with E-state index in [-0.39, 0.29) is 23.9 Å². The highest BCUT2D eigenvalue weighted by molar-refractivity contribution is 5.85. The van der Waals surface area contributed by atoms with Gasteiger partial charge >= 0.3 is 0 Å². The Bertz CT molecular complexity index is 528. The molecule has 1 aromatic carbocycles. The molecule has 4 heteroatoms. The zero-order chi connectivity index (χ0) is 14.2. The fourth-order valence-electron chi connectivity index (χ4n) is 3.32. The molecule has 0 saturated heterocycles. The Kier molecular flexibility index (Phi) is 4.95. The van der Waals surface area contributed by atoms with Gasteiger partial charge in [0, 0.05) is 6.54 Å². The van der Waals surface area contributed by atoms with Gasteiger partial charge in [0.25, 0.3) is 0 Å². The van der Waals surface area contributed by atoms with Crippen molar-refractivity contribution in [2.45, 2.75) is 51.0 Å². The van der Waals surface area contributed by atoms with Gasteiger partial charge < -0.3 is 11.1 Å². The predicted octanol–water partition coefficient (Wildman–Crippen LogP) is 2.38. The summed E-state index contributed by atoms with van der Waals surface area (Å²) < 4.78 is 0. The van der Waals surface area contributed by atoms with Crippen LogP contribution in [0.25, 0.3) is 0 Å². The number of halogens is 1. The molecule has 1 fully saturated rings. The number of carbonyl (C=O) groups is 1. The number of aryl methyl sites for hydroxylation is 2. The van der Waals surface area contributed by atoms with Gasteiger partial charge in [-0.2, -0.15) is 0 Å². The molecule has 1 aromatic rings. The maximum absolute atomic E-state index is 12.3. The minimum atomic E-state index is -0.214. The van der Waals surface area contributed by atoms with Crippen LogP contribution >= 0.6 is 12.4 Å². The first kappa shape index (κ1) is 16.3. The molecule has 0 heterocycles. The van der Waals surface area contributed by atoms with Crippen LogP contribution in [0.1, 0.15) is 42.9 Å². The van der Waals surface area contributed by atoms with E-state index in [9.17, 15) is 4.79 Å². The van der Waals surface area contributed by atoms with Crippen molar-refractivity contribution in [3.8, 4) is 0 Å². The highest BCUT2D eigenvalue weighted by atomic mass is 35.5. The maximum Gasteiger partial charge on any atom is 0.224 e. The number of nitrogens with two attached hydrogens (primary N) is 1. The van der Waals surface area contributed by atoms with Crippen molar-refractivity contribution >= 4 is 18.3 Å². The topological polar surface area (TPSA) is 55.1 Å². The van der Waals surface area contributed by atoms with E-state index in [0.29, 0.717) is 18.9 Å². The monoisotopic (exact) mass is 308 g/mol. The Morgan fingerprint density at radius 2 is 2.05 bits per heavy atom. The average molecular weight is 309 g/mol. The standard InChI is InChI=1S/C17H24N2O.ClH/c1-17(11-18,15-7-8-15)19-16(20)10-12-5-6-13-3-2-4-14(13)9-12;/h5-6,9,15H,2-4,7-8,10-11,18H2,1H3,(H,19,20);1H. The van der Waals surface area contributed by atoms with Crippen molar-refractivity contribution in [3.05, 3.63) is 34.9 Å². The summed E-state index contributed by atoms with van der Waals surface area (Å²) in [5.41, 5.74) is 9.64. The minimum Gasteiger partial charge on any atom is -0.349 e. The minimum absolute atomic E-state index is 0. The first-order valence-electron chi connectivity index (χ1n) is 7.72. The molecule has 0 aliphatic heterocycles. The summed E-state index contributed by atoms with van der Waals surface area (Å²) in [5.74, 6) is 0.666. The molecule has 3 rings (SSSR count). The number of carbonyl (C=O) groups excluding carboxylic acids is 1. The summed E-state index contributed by atoms with van der Waals surface area (Å²) in [6.07, 6.45) is 6.44. The van der Waals surface area contributed by atoms with E-state index in [2.05, 4.69) is 30.4 Å². The van der Waals surface area contributed by atoms with Crippen molar-refractivity contribution < 1.29 is 4.79 Å². The first-order chi connectivity index (χ1) is 9.60. The molecule has 0 bridgehead atoms. The van der Waals surface area contributed by atoms with Gasteiger partial charge in [-0.25, -0.2) is 0 Å². The lowest BCUT2D eigenvalue weighted by Gasteiger charge is -2.29. The van der Waals surface area contributed by atoms with Gasteiger partial charge in [0.1, 0.15) is 0 Å². The second-order valence-electron chi connectivity index (χ2n) is 6.58. The van der Waals surface area contributed by atoms with Crippen LogP contribution in [0.5, 0.6) is 0 Å². The number of amides is 1. The lowest BCUT2D eigenvalue weighted by molar-refractivity contribution is -0.122. The molecule has 1 atom stereocenters. The number of rotatable bonds is 5. The lowest BCUT2D eigenvalue weighted by Crippen LogP contribution is -2.53. The van der Waals surface area contributed by atoms with Crippen molar-refractivity contribution in [2.24, 2.45) is 11.7 Å². The van der Waals surface area contributed by atoms with E-state index >= 15 is 0 Å². The number of hydrogen-bond acceptors (Lipinski definition) is 2. The molecule has 1 amide bonds. The number of hydrogen-bond donors (Lipinski definition) is 2. The second-order valence-corrected chi connectivity index (χ2v) is 6.58. The molecule has 1 saturated carbocycles. The van der Waals surface area contributed by atoms with Gasteiger partial charge in [0.05, 0.1) is 12.0 Å². The van der Waals surface area contributed by atoms with Crippen molar-refractivity contribution in [1.29, 1.82) is 0 Å². The van der Waals surface area contributed by atoms with Crippen LogP contribution < -0.4 is 11.1 Å². The van der Waals surface area contributed by atoms with Gasteiger partial charge in [-0.3, -0.25) is 4.79 Å². The molecule has 0 spiro atoms. The Morgan fingerprint density at radius 1 is 1.33 bits per heavy atom. The van der Waals surface area contributed by atoms with Crippen molar-refractivity contribution in [2.75, 3.05) is 6.54 Å². The zero-order valence-electron chi connectivity index (χ0n) is 12.7. The summed E-state index contributed by atoms with van der Waals surface area (Å²) in [7, 11) is 0. The molecule has 116 valence electrons. The van der Waals surface area contributed by atoms with E-state index in [1.165, 1.54) is 36.8 Å². The highest BCUT2D eigenvalue weighted by Gasteiger charge is 2.41. The molecule has 0 aromatic heterocycles. The van der Waals surface area contributed by atoms with Gasteiger partial charge in [-0.05, 0) is 61.6 Å². The molecule has 3 nitrogen and oxygen atoms in total. The van der Waals surface area contributed by atoms with E-state index in [4.69, 9.17) is 5.73 Å². The van der Waals surface area contributed by atoms with Crippen LogP contribution in [0.15, 0.2) is 18.2 Å². The molecular formula is C17H25ClN2O. The van der Waals surface area contributed by atoms with Crippen LogP contribution in [0.4, 0.5) is 0 Å². The van der Waals surface area contributed by atoms with Crippen LogP contribution in [-0.2, 0) is 24.1 Å². The second kappa shape index (κ2) is 6.37. The fraction of sp³-hybridized carbons (Fsp3) is 0.588. The summed E-state index contributed by atoms with van der Waals surface area (Å²) in [6.45, 7) is 2.60. The Balaban J connectivity index is 0.00000161. The largest absolute Gasteiger partial charge is 0.349 e. The third kappa shape index (κ3) is 3.58. The summed E-state index contributed by atoms with van der Waals surface area (Å²) in [5, 5.41) is 3.16. The third-order valence-corrected chi connectivity index (χ3v) is 4.85. The Morgan fingerprint density at radius 3 is 2.71 bits per heavy atom. The molecule has 2 aliphatic rings. The SMILES string of the molecule is CC(CN)(NC(=O)Cc1ccc2c(c1)CCC2)C1CC1.Cl. The smallest absolute Gasteiger partial charge is 0.224 e. The molecule has 2 aliphatic carbocycles. The van der Waals surface area contributed by atoms with Crippen LogP contribution in [0.3, 0.4) is 0 Å². The predicted molar refractivity (Wildman–Crippen MR) is 87.7 cm³/mol. The summed E-state index contributed by atoms with van der Waals surface area (Å²) >= 11 is 0. The van der Waals surface area contributed by atoms with Crippen LogP contribution in [0.2, 0.25) is 0 Å². The molecule has 3 N–H and O–H groups in total. The van der Waals surface area contributed by atoms with Crippen molar-refractivity contribution in [3.63, 3.8) is 0 Å². The van der Waals surface area contributed by atoms with E-state index in [1.54, 1.807) is 0 Å². The maximum atomic E-state index is 12.3. The Hall–Kier alpha value is -1.06. The molecule has 0 radical (unpaired) electrons. The van der Waals surface area contributed by atoms with E-state index in [0.717, 1.165) is 12.0 Å². The quantitative estimate of drug-likeness (QED) is 0.877. The van der Waals surface area contributed by atoms with Gasteiger partial charge in [-0.15, -0.1) is 12.4 Å². The van der Waals surface area contributed by atoms with Crippen molar-refractivity contribution in [1.82, 2.24) is 5.32 Å². The number of nitrogens with one attached hydrogen (secondary N) is 1. The number of benzene rings is 1. The lowest BCUT2D eigenvalue weighted by atomic mass is 9.95. The zero-order valence-corrected chi connectivity index (χ0v) is 13.5. The molecule has 21 heavy (non-hydrogen) atoms. The molecule has 1 unspecified atom stereocenters. The summed E-state index contributed by atoms with van der Waals surface area (Å²) in [6, 6.07) is 6.49. The number of fused-ring (bicyclic) bond motifs is 1. The van der Waals surface area contributed by atoms with Crippen LogP contribution in [0, 0.1) is 5.92 Å². The fourth-order valence-corrected chi connectivity index (χ4v) is 3.32. The van der Waals surface area contributed by atoms with E-state index in [1.807, 2.05) is 0 Å². The Labute approximate surface area is 133 Å². The van der Waals surface area contributed by atoms with Gasteiger partial charge in [0.15, 0.2) is 0 Å². The summed E-state index contributed by atoms with van der Waals surface area (Å²) in [4.78, 5) is 12.3. The van der Waals surface area contributed by atoms with E-state index < -0.39 is 0 Å². The first-order valence-corrected chi connectivity index (χ1v) is 7.72. The molecular weight excluding hydrogens is 284 g/mol. The van der Waals surface area contributed by atoms with Gasteiger partial charge in [0.2, 0.25) is 5.91 Å².